The maximum Gasteiger partial charge on any atom is 0.287 e. The van der Waals surface area contributed by atoms with Gasteiger partial charge in [-0.3, -0.25) is 0 Å². The first-order valence-corrected chi connectivity index (χ1v) is 6.96. The Labute approximate surface area is 129 Å². The van der Waals surface area contributed by atoms with Crippen molar-refractivity contribution < 1.29 is 18.8 Å². The van der Waals surface area contributed by atoms with Crippen LogP contribution in [0.15, 0.2) is 36.4 Å². The van der Waals surface area contributed by atoms with Gasteiger partial charge >= 0.3 is 0 Å². The van der Waals surface area contributed by atoms with E-state index in [0.717, 1.165) is 22.4 Å². The second-order valence-corrected chi connectivity index (χ2v) is 4.96. The van der Waals surface area contributed by atoms with Gasteiger partial charge in [-0.05, 0) is 24.3 Å². The Morgan fingerprint density at radius 3 is 2.09 bits per heavy atom. The molecule has 1 heterocycles. The molecule has 0 bridgehead atoms. The first-order valence-electron chi connectivity index (χ1n) is 6.96. The molecule has 0 saturated carbocycles. The van der Waals surface area contributed by atoms with E-state index in [1.54, 1.807) is 21.3 Å². The molecule has 5 heteroatoms. The third kappa shape index (κ3) is 2.15. The SMILES string of the molecule is COc1cc(-c2[nH]c3ccccc3[n+]2C)cc(OC)c1OC. The molecule has 0 saturated heterocycles. The van der Waals surface area contributed by atoms with Gasteiger partial charge in [0.25, 0.3) is 5.82 Å². The number of nitrogens with zero attached hydrogens (tertiary/aromatic N) is 1. The molecule has 2 aromatic carbocycles. The second kappa shape index (κ2) is 5.60. The van der Waals surface area contributed by atoms with Crippen LogP contribution in [0.2, 0.25) is 0 Å². The van der Waals surface area contributed by atoms with E-state index in [1.807, 2.05) is 31.3 Å². The number of aromatic amines is 1. The normalized spacial score (nSPS) is 10.7. The Hall–Kier alpha value is -2.69. The lowest BCUT2D eigenvalue weighted by molar-refractivity contribution is -0.633. The van der Waals surface area contributed by atoms with Crippen molar-refractivity contribution in [3.8, 4) is 28.6 Å². The maximum absolute atomic E-state index is 5.43. The summed E-state index contributed by atoms with van der Waals surface area (Å²) in [6, 6.07) is 12.0. The third-order valence-corrected chi connectivity index (χ3v) is 3.79. The van der Waals surface area contributed by atoms with Gasteiger partial charge < -0.3 is 14.2 Å². The number of hydrogen-bond donors (Lipinski definition) is 1. The van der Waals surface area contributed by atoms with Crippen molar-refractivity contribution in [3.63, 3.8) is 0 Å². The Morgan fingerprint density at radius 2 is 1.55 bits per heavy atom. The van der Waals surface area contributed by atoms with E-state index in [2.05, 4.69) is 21.7 Å². The van der Waals surface area contributed by atoms with Crippen LogP contribution in [0, 0.1) is 0 Å². The molecular formula is C17H19N2O3+. The van der Waals surface area contributed by atoms with Crippen molar-refractivity contribution in [2.75, 3.05) is 21.3 Å². The highest BCUT2D eigenvalue weighted by Crippen LogP contribution is 2.40. The molecule has 1 N–H and O–H groups in total. The quantitative estimate of drug-likeness (QED) is 0.754. The molecule has 1 aromatic heterocycles. The van der Waals surface area contributed by atoms with Gasteiger partial charge in [0, 0.05) is 0 Å². The first kappa shape index (κ1) is 14.3. The number of rotatable bonds is 4. The van der Waals surface area contributed by atoms with Crippen LogP contribution in [0.25, 0.3) is 22.4 Å². The average Bonchev–Trinajstić information content (AvgIpc) is 2.90. The van der Waals surface area contributed by atoms with Crippen LogP contribution in [0.5, 0.6) is 17.2 Å². The minimum Gasteiger partial charge on any atom is -0.493 e. The Balaban J connectivity index is 2.24. The summed E-state index contributed by atoms with van der Waals surface area (Å²) in [7, 11) is 6.86. The van der Waals surface area contributed by atoms with Crippen molar-refractivity contribution in [1.82, 2.24) is 4.98 Å². The summed E-state index contributed by atoms with van der Waals surface area (Å²) in [5.41, 5.74) is 3.17. The van der Waals surface area contributed by atoms with Gasteiger partial charge in [-0.2, -0.15) is 0 Å². The predicted octanol–water partition coefficient (Wildman–Crippen LogP) is 2.69. The van der Waals surface area contributed by atoms with Gasteiger partial charge in [0.05, 0.1) is 33.9 Å². The zero-order valence-corrected chi connectivity index (χ0v) is 13.1. The number of methoxy groups -OCH3 is 3. The van der Waals surface area contributed by atoms with Crippen LogP contribution in [0.3, 0.4) is 0 Å². The van der Waals surface area contributed by atoms with Gasteiger partial charge in [-0.1, -0.05) is 12.1 Å². The number of fused-ring (bicyclic) bond motifs is 1. The summed E-state index contributed by atoms with van der Waals surface area (Å²) in [5.74, 6) is 2.83. The lowest BCUT2D eigenvalue weighted by Crippen LogP contribution is -2.29. The maximum atomic E-state index is 5.43. The lowest BCUT2D eigenvalue weighted by atomic mass is 10.1. The fourth-order valence-corrected chi connectivity index (χ4v) is 2.69. The summed E-state index contributed by atoms with van der Waals surface area (Å²) < 4.78 is 18.3. The molecule has 0 aliphatic carbocycles. The summed E-state index contributed by atoms with van der Waals surface area (Å²) in [6.07, 6.45) is 0. The molecule has 114 valence electrons. The van der Waals surface area contributed by atoms with Crippen LogP contribution < -0.4 is 18.8 Å². The minimum absolute atomic E-state index is 0.590. The zero-order valence-electron chi connectivity index (χ0n) is 13.1. The van der Waals surface area contributed by atoms with Crippen molar-refractivity contribution in [2.24, 2.45) is 7.05 Å². The zero-order chi connectivity index (χ0) is 15.7. The molecule has 0 aliphatic rings. The van der Waals surface area contributed by atoms with Crippen LogP contribution in [-0.4, -0.2) is 26.3 Å². The molecule has 3 rings (SSSR count). The number of ether oxygens (including phenoxy) is 3. The highest BCUT2D eigenvalue weighted by molar-refractivity contribution is 5.75. The Kier molecular flexibility index (Phi) is 3.63. The molecule has 22 heavy (non-hydrogen) atoms. The van der Waals surface area contributed by atoms with E-state index in [4.69, 9.17) is 14.2 Å². The second-order valence-electron chi connectivity index (χ2n) is 4.96. The highest BCUT2D eigenvalue weighted by atomic mass is 16.5. The van der Waals surface area contributed by atoms with E-state index in [1.165, 1.54) is 0 Å². The minimum atomic E-state index is 0.590. The first-order chi connectivity index (χ1) is 10.7. The number of nitrogens with one attached hydrogen (secondary N) is 1. The molecule has 0 fully saturated rings. The molecular weight excluding hydrogens is 280 g/mol. The third-order valence-electron chi connectivity index (χ3n) is 3.79. The Morgan fingerprint density at radius 1 is 0.909 bits per heavy atom. The number of para-hydroxylation sites is 2. The molecule has 0 spiro atoms. The molecule has 0 amide bonds. The fraction of sp³-hybridized carbons (Fsp3) is 0.235. The van der Waals surface area contributed by atoms with Crippen LogP contribution >= 0.6 is 0 Å². The highest BCUT2D eigenvalue weighted by Gasteiger charge is 2.21. The van der Waals surface area contributed by atoms with E-state index in [0.29, 0.717) is 17.2 Å². The number of aryl methyl sites for hydroxylation is 1. The van der Waals surface area contributed by atoms with Gasteiger partial charge in [0.15, 0.2) is 22.5 Å². The van der Waals surface area contributed by atoms with E-state index in [-0.39, 0.29) is 0 Å². The molecule has 5 nitrogen and oxygen atoms in total. The van der Waals surface area contributed by atoms with Crippen LogP contribution in [0.4, 0.5) is 0 Å². The summed E-state index contributed by atoms with van der Waals surface area (Å²) >= 11 is 0. The summed E-state index contributed by atoms with van der Waals surface area (Å²) in [6.45, 7) is 0. The van der Waals surface area contributed by atoms with Crippen LogP contribution in [-0.2, 0) is 7.05 Å². The van der Waals surface area contributed by atoms with Gasteiger partial charge in [-0.15, -0.1) is 0 Å². The van der Waals surface area contributed by atoms with Gasteiger partial charge in [-0.25, -0.2) is 9.55 Å². The lowest BCUT2D eigenvalue weighted by Gasteiger charge is -2.12. The van der Waals surface area contributed by atoms with Gasteiger partial charge in [0.1, 0.15) is 0 Å². The van der Waals surface area contributed by atoms with Crippen molar-refractivity contribution in [2.45, 2.75) is 0 Å². The number of benzene rings is 2. The molecule has 0 aliphatic heterocycles. The topological polar surface area (TPSA) is 47.4 Å². The van der Waals surface area contributed by atoms with E-state index in [9.17, 15) is 0 Å². The Bertz CT molecular complexity index is 799. The smallest absolute Gasteiger partial charge is 0.287 e. The predicted molar refractivity (Wildman–Crippen MR) is 84.6 cm³/mol. The number of hydrogen-bond acceptors (Lipinski definition) is 3. The summed E-state index contributed by atoms with van der Waals surface area (Å²) in [4.78, 5) is 3.43. The molecule has 0 unspecified atom stereocenters. The number of H-pyrrole nitrogens is 1. The molecule has 0 atom stereocenters. The fourth-order valence-electron chi connectivity index (χ4n) is 2.69. The van der Waals surface area contributed by atoms with Crippen LogP contribution in [0.1, 0.15) is 0 Å². The van der Waals surface area contributed by atoms with Crippen molar-refractivity contribution in [1.29, 1.82) is 0 Å². The number of imidazole rings is 1. The molecule has 3 aromatic rings. The monoisotopic (exact) mass is 299 g/mol. The van der Waals surface area contributed by atoms with E-state index < -0.39 is 0 Å². The largest absolute Gasteiger partial charge is 0.493 e. The number of aromatic nitrogens is 2. The standard InChI is InChI=1S/C17H18N2O3/c1-19-13-8-6-5-7-12(13)18-17(19)11-9-14(20-2)16(22-4)15(10-11)21-3/h5-10H,1-4H3/p+1. The van der Waals surface area contributed by atoms with Gasteiger partial charge in [0.2, 0.25) is 5.75 Å². The van der Waals surface area contributed by atoms with Crippen molar-refractivity contribution >= 4 is 11.0 Å². The average molecular weight is 299 g/mol. The van der Waals surface area contributed by atoms with Crippen molar-refractivity contribution in [3.05, 3.63) is 36.4 Å². The van der Waals surface area contributed by atoms with E-state index >= 15 is 0 Å². The summed E-state index contributed by atoms with van der Waals surface area (Å²) in [5, 5.41) is 0. The molecule has 0 radical (unpaired) electrons.